The van der Waals surface area contributed by atoms with E-state index in [0.717, 1.165) is 6.07 Å². The lowest BCUT2D eigenvalue weighted by Gasteiger charge is -1.96. The molecular formula is C5HBrClFIN. The predicted molar refractivity (Wildman–Crippen MR) is 49.6 cm³/mol. The summed E-state index contributed by atoms with van der Waals surface area (Å²) in [4.78, 5) is 3.80. The largest absolute Gasteiger partial charge is 0.229 e. The maximum atomic E-state index is 12.7. The van der Waals surface area contributed by atoms with Crippen molar-refractivity contribution in [3.05, 3.63) is 25.2 Å². The van der Waals surface area contributed by atoms with Crippen LogP contribution in [0.5, 0.6) is 0 Å². The van der Waals surface area contributed by atoms with E-state index in [1.165, 1.54) is 0 Å². The van der Waals surface area contributed by atoms with Crippen LogP contribution < -0.4 is 0 Å². The highest BCUT2D eigenvalue weighted by atomic mass is 127. The van der Waals surface area contributed by atoms with Gasteiger partial charge in [0, 0.05) is 6.07 Å². The molecular weight excluding hydrogens is 335 g/mol. The van der Waals surface area contributed by atoms with Crippen LogP contribution in [0.2, 0.25) is 5.15 Å². The monoisotopic (exact) mass is 335 g/mol. The van der Waals surface area contributed by atoms with E-state index in [1.54, 1.807) is 0 Å². The molecule has 1 aromatic rings. The van der Waals surface area contributed by atoms with Crippen LogP contribution in [0.15, 0.2) is 10.5 Å². The van der Waals surface area contributed by atoms with Gasteiger partial charge in [0.15, 0.2) is 0 Å². The third kappa shape index (κ3) is 1.79. The summed E-state index contributed by atoms with van der Waals surface area (Å²) in [7, 11) is 0. The number of pyridine rings is 1. The molecule has 0 amide bonds. The zero-order valence-corrected chi connectivity index (χ0v) is 9.04. The van der Waals surface area contributed by atoms with Gasteiger partial charge in [-0.15, -0.1) is 0 Å². The highest BCUT2D eigenvalue weighted by molar-refractivity contribution is 14.1. The number of nitrogens with zero attached hydrogens (tertiary/aromatic N) is 1. The molecule has 0 atom stereocenters. The lowest BCUT2D eigenvalue weighted by atomic mass is 10.5. The standard InChI is InChI=1S/C5HBrClFIN/c6-4-2(8)1-3(7)10-5(4)9/h1H. The van der Waals surface area contributed by atoms with Gasteiger partial charge < -0.3 is 0 Å². The van der Waals surface area contributed by atoms with E-state index in [-0.39, 0.29) is 11.0 Å². The zero-order valence-electron chi connectivity index (χ0n) is 4.54. The highest BCUT2D eigenvalue weighted by Gasteiger charge is 2.05. The Morgan fingerprint density at radius 3 is 2.80 bits per heavy atom. The Morgan fingerprint density at radius 1 is 1.70 bits per heavy atom. The van der Waals surface area contributed by atoms with Gasteiger partial charge in [-0.05, 0) is 38.5 Å². The van der Waals surface area contributed by atoms with Gasteiger partial charge >= 0.3 is 0 Å². The van der Waals surface area contributed by atoms with E-state index in [0.29, 0.717) is 8.17 Å². The lowest BCUT2D eigenvalue weighted by Crippen LogP contribution is -1.87. The molecule has 1 heterocycles. The summed E-state index contributed by atoms with van der Waals surface area (Å²) in [5, 5.41) is 0.171. The summed E-state index contributed by atoms with van der Waals surface area (Å²) in [6.07, 6.45) is 0. The minimum Gasteiger partial charge on any atom is -0.229 e. The van der Waals surface area contributed by atoms with Gasteiger partial charge in [0.05, 0.1) is 4.47 Å². The first-order valence-corrected chi connectivity index (χ1v) is 4.53. The van der Waals surface area contributed by atoms with E-state index >= 15 is 0 Å². The molecule has 0 N–H and O–H groups in total. The Morgan fingerprint density at radius 2 is 2.30 bits per heavy atom. The Bertz CT molecular complexity index is 245. The van der Waals surface area contributed by atoms with Gasteiger partial charge in [-0.1, -0.05) is 11.6 Å². The third-order valence-corrected chi connectivity index (χ3v) is 3.31. The first-order valence-electron chi connectivity index (χ1n) is 2.28. The fourth-order valence-corrected chi connectivity index (χ4v) is 1.49. The molecule has 0 spiro atoms. The summed E-state index contributed by atoms with van der Waals surface area (Å²) in [5.74, 6) is -0.385. The average molecular weight is 336 g/mol. The van der Waals surface area contributed by atoms with E-state index in [9.17, 15) is 4.39 Å². The van der Waals surface area contributed by atoms with E-state index in [2.05, 4.69) is 20.9 Å². The molecule has 0 aromatic carbocycles. The second kappa shape index (κ2) is 3.32. The van der Waals surface area contributed by atoms with Crippen molar-refractivity contribution >= 4 is 50.1 Å². The van der Waals surface area contributed by atoms with Crippen molar-refractivity contribution in [3.63, 3.8) is 0 Å². The molecule has 0 saturated carbocycles. The Labute approximate surface area is 84.2 Å². The Kier molecular flexibility index (Phi) is 2.88. The molecule has 1 rings (SSSR count). The first-order chi connectivity index (χ1) is 4.61. The van der Waals surface area contributed by atoms with Gasteiger partial charge in [0.25, 0.3) is 0 Å². The average Bonchev–Trinajstić information content (AvgIpc) is 1.82. The van der Waals surface area contributed by atoms with Crippen molar-refractivity contribution in [2.75, 3.05) is 0 Å². The topological polar surface area (TPSA) is 12.9 Å². The van der Waals surface area contributed by atoms with E-state index in [1.807, 2.05) is 22.6 Å². The van der Waals surface area contributed by atoms with Gasteiger partial charge in [-0.3, -0.25) is 0 Å². The second-order valence-corrected chi connectivity index (χ2v) is 3.73. The maximum absolute atomic E-state index is 12.7. The SMILES string of the molecule is Fc1cc(Cl)nc(I)c1Br. The maximum Gasteiger partial charge on any atom is 0.143 e. The molecule has 0 unspecified atom stereocenters. The molecule has 10 heavy (non-hydrogen) atoms. The smallest absolute Gasteiger partial charge is 0.143 e. The second-order valence-electron chi connectivity index (χ2n) is 1.53. The fraction of sp³-hybridized carbons (Fsp3) is 0. The van der Waals surface area contributed by atoms with Gasteiger partial charge in [0.1, 0.15) is 14.7 Å². The molecule has 0 radical (unpaired) electrons. The minimum atomic E-state index is -0.385. The van der Waals surface area contributed by atoms with Crippen molar-refractivity contribution < 1.29 is 4.39 Å². The normalized spacial score (nSPS) is 10.0. The van der Waals surface area contributed by atoms with E-state index < -0.39 is 0 Å². The van der Waals surface area contributed by atoms with Gasteiger partial charge in [-0.25, -0.2) is 9.37 Å². The molecule has 1 aromatic heterocycles. The van der Waals surface area contributed by atoms with Crippen LogP contribution in [0.3, 0.4) is 0 Å². The minimum absolute atomic E-state index is 0.171. The number of hydrogen-bond donors (Lipinski definition) is 0. The zero-order chi connectivity index (χ0) is 7.72. The Balaban J connectivity index is 3.31. The van der Waals surface area contributed by atoms with Crippen LogP contribution >= 0.6 is 50.1 Å². The lowest BCUT2D eigenvalue weighted by molar-refractivity contribution is 0.617. The summed E-state index contributed by atoms with van der Waals surface area (Å²) in [5.41, 5.74) is 0. The fourth-order valence-electron chi connectivity index (χ4n) is 0.442. The number of rotatable bonds is 0. The molecule has 0 aliphatic carbocycles. The summed E-state index contributed by atoms with van der Waals surface area (Å²) >= 11 is 10.3. The first kappa shape index (κ1) is 8.67. The van der Waals surface area contributed by atoms with Crippen molar-refractivity contribution in [1.82, 2.24) is 4.98 Å². The van der Waals surface area contributed by atoms with Crippen LogP contribution in [0.1, 0.15) is 0 Å². The molecule has 1 nitrogen and oxygen atoms in total. The van der Waals surface area contributed by atoms with Crippen LogP contribution in [0.25, 0.3) is 0 Å². The van der Waals surface area contributed by atoms with Crippen LogP contribution in [0.4, 0.5) is 4.39 Å². The molecule has 0 saturated heterocycles. The molecule has 54 valence electrons. The van der Waals surface area contributed by atoms with Crippen LogP contribution in [-0.4, -0.2) is 4.98 Å². The third-order valence-electron chi connectivity index (χ3n) is 0.842. The van der Waals surface area contributed by atoms with Crippen molar-refractivity contribution in [2.45, 2.75) is 0 Å². The van der Waals surface area contributed by atoms with Crippen molar-refractivity contribution in [2.24, 2.45) is 0 Å². The quantitative estimate of drug-likeness (QED) is 0.524. The molecule has 0 aliphatic heterocycles. The molecule has 0 aliphatic rings. The van der Waals surface area contributed by atoms with E-state index in [4.69, 9.17) is 11.6 Å². The van der Waals surface area contributed by atoms with Crippen LogP contribution in [0, 0.1) is 9.52 Å². The van der Waals surface area contributed by atoms with Crippen LogP contribution in [-0.2, 0) is 0 Å². The number of aromatic nitrogens is 1. The number of hydrogen-bond acceptors (Lipinski definition) is 1. The van der Waals surface area contributed by atoms with Crippen molar-refractivity contribution in [3.8, 4) is 0 Å². The van der Waals surface area contributed by atoms with Gasteiger partial charge in [-0.2, -0.15) is 0 Å². The molecule has 0 fully saturated rings. The van der Waals surface area contributed by atoms with Gasteiger partial charge in [0.2, 0.25) is 0 Å². The number of halogens is 4. The predicted octanol–water partition coefficient (Wildman–Crippen LogP) is 3.24. The van der Waals surface area contributed by atoms with Crippen molar-refractivity contribution in [1.29, 1.82) is 0 Å². The molecule has 5 heteroatoms. The Hall–Kier alpha value is 0.580. The summed E-state index contributed by atoms with van der Waals surface area (Å²) in [6, 6.07) is 1.16. The summed E-state index contributed by atoms with van der Waals surface area (Å²) < 4.78 is 13.6. The molecule has 0 bridgehead atoms. The highest BCUT2D eigenvalue weighted by Crippen LogP contribution is 2.22. The summed E-state index contributed by atoms with van der Waals surface area (Å²) in [6.45, 7) is 0.